The van der Waals surface area contributed by atoms with Crippen LogP contribution in [-0.4, -0.2) is 40.6 Å². The van der Waals surface area contributed by atoms with Crippen molar-refractivity contribution in [1.82, 2.24) is 19.3 Å². The molecule has 3 rings (SSSR count). The van der Waals surface area contributed by atoms with Gasteiger partial charge in [-0.3, -0.25) is 4.98 Å². The molecule has 1 N–H and O–H groups in total. The number of carbonyl (C=O) groups is 1. The van der Waals surface area contributed by atoms with E-state index in [1.54, 1.807) is 57.3 Å². The molecule has 0 aliphatic rings. The van der Waals surface area contributed by atoms with Crippen LogP contribution in [0.4, 0.5) is 4.79 Å². The molecule has 3 aromatic rings. The average molecular weight is 503 g/mol. The van der Waals surface area contributed by atoms with E-state index < -0.39 is 27.0 Å². The number of amides is 1. The third kappa shape index (κ3) is 6.03. The number of pyridine rings is 2. The molecule has 0 spiro atoms. The van der Waals surface area contributed by atoms with E-state index in [1.807, 2.05) is 0 Å². The van der Waals surface area contributed by atoms with Crippen LogP contribution in [0.5, 0.6) is 0 Å². The highest BCUT2D eigenvalue weighted by molar-refractivity contribution is 7.90. The molecule has 0 aliphatic heterocycles. The lowest BCUT2D eigenvalue weighted by Gasteiger charge is -2.19. The van der Waals surface area contributed by atoms with E-state index in [-0.39, 0.29) is 11.7 Å². The maximum atomic E-state index is 13.7. The zero-order valence-corrected chi connectivity index (χ0v) is 20.8. The second-order valence-electron chi connectivity index (χ2n) is 8.54. The second kappa shape index (κ2) is 10.4. The Morgan fingerprint density at radius 2 is 2.03 bits per heavy atom. The molecule has 180 valence electrons. The van der Waals surface area contributed by atoms with Gasteiger partial charge in [-0.1, -0.05) is 23.7 Å². The van der Waals surface area contributed by atoms with Crippen molar-refractivity contribution < 1.29 is 17.9 Å². The number of alkyl carbamates (subject to hydrolysis) is 1. The minimum absolute atomic E-state index is 0.173. The number of nitrogens with zero attached hydrogens (tertiary/aromatic N) is 3. The van der Waals surface area contributed by atoms with Crippen LogP contribution in [0.25, 0.3) is 11.3 Å². The molecule has 0 aliphatic carbocycles. The van der Waals surface area contributed by atoms with Crippen LogP contribution in [0, 0.1) is 0 Å². The van der Waals surface area contributed by atoms with Crippen molar-refractivity contribution >= 4 is 27.7 Å². The van der Waals surface area contributed by atoms with Crippen molar-refractivity contribution in [3.8, 4) is 11.3 Å². The van der Waals surface area contributed by atoms with Crippen LogP contribution in [0.1, 0.15) is 37.1 Å². The van der Waals surface area contributed by atoms with Crippen LogP contribution >= 0.6 is 11.6 Å². The zero-order chi connectivity index (χ0) is 24.9. The monoisotopic (exact) mass is 502 g/mol. The molecule has 0 saturated carbocycles. The first-order valence-corrected chi connectivity index (χ1v) is 12.5. The molecule has 1 atom stereocenters. The van der Waals surface area contributed by atoms with Gasteiger partial charge < -0.3 is 10.1 Å². The summed E-state index contributed by atoms with van der Waals surface area (Å²) >= 11 is 6.30. The second-order valence-corrected chi connectivity index (χ2v) is 10.8. The fourth-order valence-corrected chi connectivity index (χ4v) is 5.23. The fourth-order valence-electron chi connectivity index (χ4n) is 3.34. The maximum absolute atomic E-state index is 13.7. The van der Waals surface area contributed by atoms with Crippen molar-refractivity contribution in [2.75, 3.05) is 6.54 Å². The van der Waals surface area contributed by atoms with Gasteiger partial charge in [0.15, 0.2) is 0 Å². The summed E-state index contributed by atoms with van der Waals surface area (Å²) in [5, 5.41) is 1.82. The normalized spacial score (nSPS) is 12.7. The Morgan fingerprint density at radius 3 is 2.65 bits per heavy atom. The standard InChI is InChI=1S/C24H27ClN4O4S/c1-5-21(18-8-6-11-26-15-18)34(31,32)29-16-17(10-13-28-23(30)33-24(2,3)4)14-20(29)19-9-7-12-27-22(19)25/h5-9,11-12,14-16,21H,1,10,13H2,2-4H3,(H,28,30). The van der Waals surface area contributed by atoms with Gasteiger partial charge in [-0.2, -0.15) is 0 Å². The lowest BCUT2D eigenvalue weighted by atomic mass is 10.1. The Hall–Kier alpha value is -3.17. The number of carbonyl (C=O) groups excluding carboxylic acids is 1. The van der Waals surface area contributed by atoms with E-state index >= 15 is 0 Å². The van der Waals surface area contributed by atoms with Crippen molar-refractivity contribution in [2.24, 2.45) is 0 Å². The molecule has 0 bridgehead atoms. The van der Waals surface area contributed by atoms with Crippen molar-refractivity contribution in [3.05, 3.63) is 84.1 Å². The molecule has 34 heavy (non-hydrogen) atoms. The third-order valence-electron chi connectivity index (χ3n) is 4.78. The molecule has 0 saturated heterocycles. The molecule has 1 unspecified atom stereocenters. The minimum atomic E-state index is -3.98. The van der Waals surface area contributed by atoms with E-state index in [4.69, 9.17) is 16.3 Å². The van der Waals surface area contributed by atoms with Gasteiger partial charge in [0.05, 0.1) is 5.69 Å². The lowest BCUT2D eigenvalue weighted by molar-refractivity contribution is 0.0528. The van der Waals surface area contributed by atoms with Crippen LogP contribution in [-0.2, 0) is 21.2 Å². The number of rotatable bonds is 8. The number of aromatic nitrogens is 3. The third-order valence-corrected chi connectivity index (χ3v) is 7.04. The number of nitrogens with one attached hydrogen (secondary N) is 1. The highest BCUT2D eigenvalue weighted by Crippen LogP contribution is 2.33. The van der Waals surface area contributed by atoms with E-state index in [0.29, 0.717) is 28.8 Å². The fraction of sp³-hybridized carbons (Fsp3) is 0.292. The van der Waals surface area contributed by atoms with Crippen molar-refractivity contribution in [2.45, 2.75) is 38.0 Å². The van der Waals surface area contributed by atoms with Crippen LogP contribution < -0.4 is 5.32 Å². The van der Waals surface area contributed by atoms with Gasteiger partial charge in [-0.15, -0.1) is 6.58 Å². The van der Waals surface area contributed by atoms with E-state index in [9.17, 15) is 13.2 Å². The van der Waals surface area contributed by atoms with Gasteiger partial charge >= 0.3 is 6.09 Å². The lowest BCUT2D eigenvalue weighted by Crippen LogP contribution is -2.33. The van der Waals surface area contributed by atoms with Crippen molar-refractivity contribution in [3.63, 3.8) is 0 Å². The zero-order valence-electron chi connectivity index (χ0n) is 19.2. The highest BCUT2D eigenvalue weighted by Gasteiger charge is 2.30. The number of hydrogen-bond acceptors (Lipinski definition) is 6. The van der Waals surface area contributed by atoms with Crippen LogP contribution in [0.2, 0.25) is 5.15 Å². The van der Waals surface area contributed by atoms with Gasteiger partial charge in [0.25, 0.3) is 0 Å². The summed E-state index contributed by atoms with van der Waals surface area (Å²) in [5.74, 6) is 0. The summed E-state index contributed by atoms with van der Waals surface area (Å²) in [5.41, 5.74) is 1.39. The number of ether oxygens (including phenoxy) is 1. The van der Waals surface area contributed by atoms with Crippen LogP contribution in [0.3, 0.4) is 0 Å². The van der Waals surface area contributed by atoms with E-state index in [0.717, 1.165) is 0 Å². The summed E-state index contributed by atoms with van der Waals surface area (Å²) < 4.78 is 33.9. The molecule has 0 radical (unpaired) electrons. The average Bonchev–Trinajstić information content (AvgIpc) is 3.19. The molecule has 0 fully saturated rings. The quantitative estimate of drug-likeness (QED) is 0.351. The Kier molecular flexibility index (Phi) is 7.78. The predicted molar refractivity (Wildman–Crippen MR) is 132 cm³/mol. The minimum Gasteiger partial charge on any atom is -0.444 e. The van der Waals surface area contributed by atoms with Gasteiger partial charge in [0, 0.05) is 36.9 Å². The van der Waals surface area contributed by atoms with E-state index in [2.05, 4.69) is 21.9 Å². The number of hydrogen-bond donors (Lipinski definition) is 1. The smallest absolute Gasteiger partial charge is 0.407 e. The van der Waals surface area contributed by atoms with Gasteiger partial charge in [-0.05, 0) is 62.6 Å². The predicted octanol–water partition coefficient (Wildman–Crippen LogP) is 4.77. The maximum Gasteiger partial charge on any atom is 0.407 e. The Labute approximate surface area is 204 Å². The van der Waals surface area contributed by atoms with E-state index in [1.165, 1.54) is 28.6 Å². The molecule has 0 aromatic carbocycles. The molecular formula is C24H27ClN4O4S. The molecule has 10 heteroatoms. The first-order valence-electron chi connectivity index (χ1n) is 10.6. The van der Waals surface area contributed by atoms with Crippen LogP contribution in [0.15, 0.2) is 67.8 Å². The first-order chi connectivity index (χ1) is 16.0. The van der Waals surface area contributed by atoms with Gasteiger partial charge in [0.1, 0.15) is 16.0 Å². The summed E-state index contributed by atoms with van der Waals surface area (Å²) in [6.45, 7) is 9.32. The molecule has 8 nitrogen and oxygen atoms in total. The van der Waals surface area contributed by atoms with Crippen molar-refractivity contribution in [1.29, 1.82) is 0 Å². The summed E-state index contributed by atoms with van der Waals surface area (Å²) in [6.07, 6.45) is 7.32. The SMILES string of the molecule is C=CC(c1cccnc1)S(=O)(=O)n1cc(CCNC(=O)OC(C)(C)C)cc1-c1cccnc1Cl. The van der Waals surface area contributed by atoms with Gasteiger partial charge in [-0.25, -0.2) is 22.2 Å². The summed E-state index contributed by atoms with van der Waals surface area (Å²) in [7, 11) is -3.98. The molecule has 1 amide bonds. The molecule has 3 aromatic heterocycles. The summed E-state index contributed by atoms with van der Waals surface area (Å²) in [6, 6.07) is 8.46. The number of halogens is 1. The highest BCUT2D eigenvalue weighted by atomic mass is 35.5. The first kappa shape index (κ1) is 25.5. The Balaban J connectivity index is 1.97. The summed E-state index contributed by atoms with van der Waals surface area (Å²) in [4.78, 5) is 20.1. The molecule has 3 heterocycles. The topological polar surface area (TPSA) is 103 Å². The largest absolute Gasteiger partial charge is 0.444 e. The Morgan fingerprint density at radius 1 is 1.29 bits per heavy atom. The van der Waals surface area contributed by atoms with Gasteiger partial charge in [0.2, 0.25) is 10.0 Å². The molecular weight excluding hydrogens is 476 g/mol. The Bertz CT molecular complexity index is 1270.